The number of aryl methyl sites for hydroxylation is 3. The second-order valence-electron chi connectivity index (χ2n) is 9.47. The molecule has 0 spiro atoms. The number of hydrogen-bond donors (Lipinski definition) is 1. The number of pyridine rings is 1. The highest BCUT2D eigenvalue weighted by atomic mass is 32.2. The molecular weight excluding hydrogens is 538 g/mol. The van der Waals surface area contributed by atoms with E-state index < -0.39 is 6.04 Å². The molecule has 1 atom stereocenters. The Morgan fingerprint density at radius 3 is 2.32 bits per heavy atom. The van der Waals surface area contributed by atoms with Gasteiger partial charge in [-0.3, -0.25) is 14.6 Å². The van der Waals surface area contributed by atoms with E-state index in [1.54, 1.807) is 48.7 Å². The van der Waals surface area contributed by atoms with E-state index in [0.29, 0.717) is 27.9 Å². The molecule has 0 aliphatic heterocycles. The van der Waals surface area contributed by atoms with E-state index in [4.69, 9.17) is 9.47 Å². The molecule has 9 nitrogen and oxygen atoms in total. The molecule has 41 heavy (non-hydrogen) atoms. The molecule has 2 heterocycles. The zero-order valence-electron chi connectivity index (χ0n) is 23.7. The Morgan fingerprint density at radius 1 is 0.951 bits per heavy atom. The molecule has 1 N–H and O–H groups in total. The predicted molar refractivity (Wildman–Crippen MR) is 159 cm³/mol. The molecule has 2 amide bonds. The summed E-state index contributed by atoms with van der Waals surface area (Å²) in [6.07, 6.45) is 3.36. The fraction of sp³-hybridized carbons (Fsp3) is 0.258. The Kier molecular flexibility index (Phi) is 9.91. The van der Waals surface area contributed by atoms with E-state index in [1.165, 1.54) is 18.9 Å². The van der Waals surface area contributed by atoms with Crippen molar-refractivity contribution in [1.29, 1.82) is 0 Å². The van der Waals surface area contributed by atoms with Crippen LogP contribution in [0.3, 0.4) is 0 Å². The zero-order valence-corrected chi connectivity index (χ0v) is 24.6. The quantitative estimate of drug-likeness (QED) is 0.191. The van der Waals surface area contributed by atoms with Crippen LogP contribution in [0, 0.1) is 20.8 Å². The van der Waals surface area contributed by atoms with Crippen molar-refractivity contribution in [3.8, 4) is 11.5 Å². The fourth-order valence-corrected chi connectivity index (χ4v) is 5.14. The Hall–Kier alpha value is -4.44. The molecular formula is C31H33N5O4S. The number of thioether (sulfide) groups is 1. The average Bonchev–Trinajstić information content (AvgIpc) is 2.96. The lowest BCUT2D eigenvalue weighted by molar-refractivity contribution is -0.137. The molecule has 0 fully saturated rings. The molecule has 2 aromatic carbocycles. The van der Waals surface area contributed by atoms with Gasteiger partial charge in [0, 0.05) is 36.4 Å². The van der Waals surface area contributed by atoms with Gasteiger partial charge in [0.2, 0.25) is 5.91 Å². The topological polar surface area (TPSA) is 107 Å². The third kappa shape index (κ3) is 7.82. The maximum Gasteiger partial charge on any atom is 0.251 e. The molecule has 1 unspecified atom stereocenters. The average molecular weight is 572 g/mol. The summed E-state index contributed by atoms with van der Waals surface area (Å²) in [5, 5.41) is 3.49. The second-order valence-corrected chi connectivity index (χ2v) is 10.4. The number of anilines is 1. The van der Waals surface area contributed by atoms with Crippen LogP contribution in [0.5, 0.6) is 11.5 Å². The van der Waals surface area contributed by atoms with Crippen molar-refractivity contribution in [2.45, 2.75) is 38.5 Å². The Bertz CT molecular complexity index is 1480. The first-order valence-electron chi connectivity index (χ1n) is 13.0. The standard InChI is InChI=1S/C31H33N5O4S/c1-20-8-10-24(11-9-20)29(30(38)35-26-13-12-25(39-4)16-27(26)40-5)36(18-23-7-6-14-32-17-23)28(37)19-41-31-33-21(2)15-22(3)34-31/h6-17,29H,18-19H2,1-5H3,(H,35,38). The van der Waals surface area contributed by atoms with Gasteiger partial charge in [-0.15, -0.1) is 0 Å². The van der Waals surface area contributed by atoms with Gasteiger partial charge in [0.1, 0.15) is 17.5 Å². The molecule has 0 saturated carbocycles. The van der Waals surface area contributed by atoms with E-state index in [2.05, 4.69) is 20.3 Å². The van der Waals surface area contributed by atoms with Crippen LogP contribution in [0.15, 0.2) is 78.2 Å². The van der Waals surface area contributed by atoms with Gasteiger partial charge < -0.3 is 19.7 Å². The Balaban J connectivity index is 1.71. The lowest BCUT2D eigenvalue weighted by Crippen LogP contribution is -2.42. The minimum absolute atomic E-state index is 0.0463. The Labute approximate surface area is 244 Å². The molecule has 0 aliphatic rings. The number of carbonyl (C=O) groups excluding carboxylic acids is 2. The highest BCUT2D eigenvalue weighted by Crippen LogP contribution is 2.32. The summed E-state index contributed by atoms with van der Waals surface area (Å²) in [5.74, 6) is 0.443. The molecule has 0 radical (unpaired) electrons. The SMILES string of the molecule is COc1ccc(NC(=O)C(c2ccc(C)cc2)N(Cc2cccnc2)C(=O)CSc2nc(C)cc(C)n2)c(OC)c1. The van der Waals surface area contributed by atoms with Crippen molar-refractivity contribution < 1.29 is 19.1 Å². The maximum atomic E-state index is 14.1. The maximum absolute atomic E-state index is 14.1. The number of nitrogens with zero attached hydrogens (tertiary/aromatic N) is 4. The van der Waals surface area contributed by atoms with E-state index in [-0.39, 0.29) is 24.1 Å². The molecule has 4 aromatic rings. The molecule has 212 valence electrons. The van der Waals surface area contributed by atoms with Crippen molar-refractivity contribution in [3.63, 3.8) is 0 Å². The van der Waals surface area contributed by atoms with Crippen LogP contribution in [0.25, 0.3) is 0 Å². The molecule has 0 aliphatic carbocycles. The van der Waals surface area contributed by atoms with Crippen molar-refractivity contribution in [2.24, 2.45) is 0 Å². The Morgan fingerprint density at radius 2 is 1.68 bits per heavy atom. The number of benzene rings is 2. The van der Waals surface area contributed by atoms with Crippen molar-refractivity contribution in [2.75, 3.05) is 25.3 Å². The van der Waals surface area contributed by atoms with Gasteiger partial charge in [-0.25, -0.2) is 9.97 Å². The summed E-state index contributed by atoms with van der Waals surface area (Å²) in [4.78, 5) is 42.7. The van der Waals surface area contributed by atoms with Gasteiger partial charge in [0.15, 0.2) is 5.16 Å². The minimum Gasteiger partial charge on any atom is -0.497 e. The zero-order chi connectivity index (χ0) is 29.4. The summed E-state index contributed by atoms with van der Waals surface area (Å²) < 4.78 is 10.8. The smallest absolute Gasteiger partial charge is 0.251 e. The normalized spacial score (nSPS) is 11.4. The van der Waals surface area contributed by atoms with E-state index in [0.717, 1.165) is 22.5 Å². The van der Waals surface area contributed by atoms with Gasteiger partial charge in [-0.2, -0.15) is 0 Å². The first-order chi connectivity index (χ1) is 19.8. The number of amides is 2. The van der Waals surface area contributed by atoms with Crippen LogP contribution in [0.2, 0.25) is 0 Å². The number of rotatable bonds is 11. The number of methoxy groups -OCH3 is 2. The van der Waals surface area contributed by atoms with Gasteiger partial charge in [0.05, 0.1) is 25.7 Å². The lowest BCUT2D eigenvalue weighted by atomic mass is 10.0. The fourth-order valence-electron chi connectivity index (χ4n) is 4.30. The number of nitrogens with one attached hydrogen (secondary N) is 1. The van der Waals surface area contributed by atoms with Crippen LogP contribution in [-0.4, -0.2) is 51.6 Å². The highest BCUT2D eigenvalue weighted by molar-refractivity contribution is 7.99. The third-order valence-corrected chi connectivity index (χ3v) is 7.13. The first-order valence-corrected chi connectivity index (χ1v) is 14.0. The molecule has 10 heteroatoms. The summed E-state index contributed by atoms with van der Waals surface area (Å²) in [5.41, 5.74) is 4.61. The predicted octanol–water partition coefficient (Wildman–Crippen LogP) is 5.31. The van der Waals surface area contributed by atoms with Gasteiger partial charge in [0.25, 0.3) is 5.91 Å². The summed E-state index contributed by atoms with van der Waals surface area (Å²) in [6.45, 7) is 5.92. The monoisotopic (exact) mass is 571 g/mol. The van der Waals surface area contributed by atoms with E-state index in [9.17, 15) is 9.59 Å². The number of ether oxygens (including phenoxy) is 2. The van der Waals surface area contributed by atoms with Gasteiger partial charge >= 0.3 is 0 Å². The van der Waals surface area contributed by atoms with Crippen molar-refractivity contribution in [3.05, 3.63) is 101 Å². The van der Waals surface area contributed by atoms with Crippen LogP contribution < -0.4 is 14.8 Å². The molecule has 0 saturated heterocycles. The first kappa shape index (κ1) is 29.5. The highest BCUT2D eigenvalue weighted by Gasteiger charge is 2.32. The second kappa shape index (κ2) is 13.8. The summed E-state index contributed by atoms with van der Waals surface area (Å²) >= 11 is 1.24. The minimum atomic E-state index is -0.948. The molecule has 0 bridgehead atoms. The van der Waals surface area contributed by atoms with E-state index >= 15 is 0 Å². The van der Waals surface area contributed by atoms with Crippen LogP contribution in [0.1, 0.15) is 34.1 Å². The third-order valence-electron chi connectivity index (χ3n) is 6.30. The van der Waals surface area contributed by atoms with Crippen LogP contribution in [-0.2, 0) is 16.1 Å². The molecule has 2 aromatic heterocycles. The molecule has 4 rings (SSSR count). The number of hydrogen-bond acceptors (Lipinski definition) is 8. The largest absolute Gasteiger partial charge is 0.497 e. The van der Waals surface area contributed by atoms with Crippen molar-refractivity contribution >= 4 is 29.3 Å². The lowest BCUT2D eigenvalue weighted by Gasteiger charge is -2.31. The summed E-state index contributed by atoms with van der Waals surface area (Å²) in [7, 11) is 3.08. The number of carbonyl (C=O) groups is 2. The van der Waals surface area contributed by atoms with Crippen molar-refractivity contribution in [1.82, 2.24) is 19.9 Å². The summed E-state index contributed by atoms with van der Waals surface area (Å²) in [6, 6.07) is 17.3. The van der Waals surface area contributed by atoms with E-state index in [1.807, 2.05) is 57.2 Å². The van der Waals surface area contributed by atoms with Gasteiger partial charge in [-0.05, 0) is 56.2 Å². The van der Waals surface area contributed by atoms with Crippen LogP contribution >= 0.6 is 11.8 Å². The number of aromatic nitrogens is 3. The van der Waals surface area contributed by atoms with Crippen LogP contribution in [0.4, 0.5) is 5.69 Å². The van der Waals surface area contributed by atoms with Gasteiger partial charge in [-0.1, -0.05) is 47.7 Å².